The first kappa shape index (κ1) is 25.1. The Labute approximate surface area is 197 Å². The predicted octanol–water partition coefficient (Wildman–Crippen LogP) is 4.06. The summed E-state index contributed by atoms with van der Waals surface area (Å²) in [5.74, 6) is 0.233. The fraction of sp³-hybridized carbons (Fsp3) is 0.273. The molecule has 3 rings (SSSR count). The maximum Gasteiger partial charge on any atom is 0.416 e. The van der Waals surface area contributed by atoms with Gasteiger partial charge in [-0.05, 0) is 49.4 Å². The Morgan fingerprint density at radius 3 is 2.50 bits per heavy atom. The van der Waals surface area contributed by atoms with Gasteiger partial charge in [-0.3, -0.25) is 9.59 Å². The smallest absolute Gasteiger partial charge is 0.416 e. The summed E-state index contributed by atoms with van der Waals surface area (Å²) in [4.78, 5) is 24.7. The van der Waals surface area contributed by atoms with E-state index < -0.39 is 23.7 Å². The number of rotatable bonds is 8. The molecule has 8 nitrogen and oxygen atoms in total. The molecule has 2 N–H and O–H groups in total. The molecule has 1 aromatic heterocycles. The summed E-state index contributed by atoms with van der Waals surface area (Å²) in [7, 11) is 3.23. The van der Waals surface area contributed by atoms with Gasteiger partial charge in [0.05, 0.1) is 24.5 Å². The first-order valence-electron chi connectivity index (χ1n) is 10.0. The summed E-state index contributed by atoms with van der Waals surface area (Å²) in [5.41, 5.74) is -0.341. The Morgan fingerprint density at radius 1 is 1.15 bits per heavy atom. The van der Waals surface area contributed by atoms with Crippen LogP contribution >= 0.6 is 11.8 Å². The van der Waals surface area contributed by atoms with Crippen LogP contribution < -0.4 is 15.4 Å². The molecule has 0 saturated heterocycles. The lowest BCUT2D eigenvalue weighted by molar-refractivity contribution is -0.137. The standard InChI is InChI=1S/C22H22F3N5O3S/c1-13(26-20(32)14-7-9-17(33-3)10-8-14)19-28-29-21(30(19)2)34-12-18(31)27-16-6-4-5-15(11-16)22(23,24)25/h4-11,13H,12H2,1-3H3,(H,26,32)(H,27,31). The van der Waals surface area contributed by atoms with Crippen LogP contribution in [0.2, 0.25) is 0 Å². The predicted molar refractivity (Wildman–Crippen MR) is 121 cm³/mol. The normalized spacial score (nSPS) is 12.2. The van der Waals surface area contributed by atoms with Crippen molar-refractivity contribution in [2.45, 2.75) is 24.3 Å². The number of hydrogen-bond donors (Lipinski definition) is 2. The van der Waals surface area contributed by atoms with Gasteiger partial charge in [0.2, 0.25) is 5.91 Å². The largest absolute Gasteiger partial charge is 0.497 e. The molecule has 1 heterocycles. The van der Waals surface area contributed by atoms with Crippen molar-refractivity contribution in [3.8, 4) is 5.75 Å². The number of halogens is 3. The van der Waals surface area contributed by atoms with Gasteiger partial charge >= 0.3 is 6.18 Å². The Balaban J connectivity index is 1.57. The number of methoxy groups -OCH3 is 1. The van der Waals surface area contributed by atoms with Gasteiger partial charge in [0, 0.05) is 18.3 Å². The van der Waals surface area contributed by atoms with Gasteiger partial charge in [0.25, 0.3) is 5.91 Å². The van der Waals surface area contributed by atoms with E-state index in [-0.39, 0.29) is 17.3 Å². The van der Waals surface area contributed by atoms with Crippen LogP contribution in [0.4, 0.5) is 18.9 Å². The number of nitrogens with zero attached hydrogens (tertiary/aromatic N) is 3. The lowest BCUT2D eigenvalue weighted by Gasteiger charge is -2.14. The number of alkyl halides is 3. The van der Waals surface area contributed by atoms with E-state index in [0.29, 0.717) is 22.3 Å². The van der Waals surface area contributed by atoms with E-state index in [1.54, 1.807) is 42.8 Å². The van der Waals surface area contributed by atoms with Crippen LogP contribution in [0.5, 0.6) is 5.75 Å². The highest BCUT2D eigenvalue weighted by atomic mass is 32.2. The maximum absolute atomic E-state index is 12.8. The van der Waals surface area contributed by atoms with Crippen LogP contribution in [0.1, 0.15) is 34.7 Å². The molecular formula is C22H22F3N5O3S. The topological polar surface area (TPSA) is 98.1 Å². The average Bonchev–Trinajstić information content (AvgIpc) is 3.17. The van der Waals surface area contributed by atoms with Gasteiger partial charge < -0.3 is 19.9 Å². The number of amides is 2. The van der Waals surface area contributed by atoms with Crippen molar-refractivity contribution in [2.75, 3.05) is 18.2 Å². The zero-order valence-electron chi connectivity index (χ0n) is 18.5. The molecule has 0 aliphatic rings. The lowest BCUT2D eigenvalue weighted by atomic mass is 10.2. The fourth-order valence-electron chi connectivity index (χ4n) is 3.02. The van der Waals surface area contributed by atoms with Crippen LogP contribution in [0.25, 0.3) is 0 Å². The average molecular weight is 494 g/mol. The molecule has 0 bridgehead atoms. The first-order chi connectivity index (χ1) is 16.1. The van der Waals surface area contributed by atoms with E-state index in [1.165, 1.54) is 19.2 Å². The zero-order valence-corrected chi connectivity index (χ0v) is 19.3. The molecule has 34 heavy (non-hydrogen) atoms. The van der Waals surface area contributed by atoms with Crippen molar-refractivity contribution in [2.24, 2.45) is 7.05 Å². The number of aromatic nitrogens is 3. The number of carbonyl (C=O) groups is 2. The summed E-state index contributed by atoms with van der Waals surface area (Å²) in [6.45, 7) is 1.75. The third-order valence-corrected chi connectivity index (χ3v) is 5.78. The van der Waals surface area contributed by atoms with Crippen LogP contribution in [-0.4, -0.2) is 39.4 Å². The molecule has 1 atom stereocenters. The monoisotopic (exact) mass is 493 g/mol. The highest BCUT2D eigenvalue weighted by Gasteiger charge is 2.30. The number of hydrogen-bond acceptors (Lipinski definition) is 6. The maximum atomic E-state index is 12.8. The second-order valence-corrected chi connectivity index (χ2v) is 8.18. The number of nitrogens with one attached hydrogen (secondary N) is 2. The first-order valence-corrected chi connectivity index (χ1v) is 11.0. The van der Waals surface area contributed by atoms with Gasteiger partial charge in [-0.25, -0.2) is 0 Å². The van der Waals surface area contributed by atoms with Crippen LogP contribution in [0, 0.1) is 0 Å². The molecule has 180 valence electrons. The number of anilines is 1. The van der Waals surface area contributed by atoms with Gasteiger partial charge in [-0.2, -0.15) is 13.2 Å². The number of ether oxygens (including phenoxy) is 1. The molecule has 12 heteroatoms. The Hall–Kier alpha value is -3.54. The van der Waals surface area contributed by atoms with Crippen molar-refractivity contribution in [1.29, 1.82) is 0 Å². The number of thioether (sulfide) groups is 1. The van der Waals surface area contributed by atoms with Crippen molar-refractivity contribution in [1.82, 2.24) is 20.1 Å². The SMILES string of the molecule is COc1ccc(C(=O)NC(C)c2nnc(SCC(=O)Nc3cccc(C(F)(F)F)c3)n2C)cc1. The second kappa shape index (κ2) is 10.6. The van der Waals surface area contributed by atoms with Crippen LogP contribution in [-0.2, 0) is 18.0 Å². The minimum atomic E-state index is -4.50. The van der Waals surface area contributed by atoms with Gasteiger partial charge in [-0.15, -0.1) is 10.2 Å². The Kier molecular flexibility index (Phi) is 7.82. The van der Waals surface area contributed by atoms with E-state index in [1.807, 2.05) is 0 Å². The highest BCUT2D eigenvalue weighted by Crippen LogP contribution is 2.30. The fourth-order valence-corrected chi connectivity index (χ4v) is 3.73. The third kappa shape index (κ3) is 6.28. The minimum Gasteiger partial charge on any atom is -0.497 e. The summed E-state index contributed by atoms with van der Waals surface area (Å²) < 4.78 is 45.2. The number of benzene rings is 2. The van der Waals surface area contributed by atoms with Crippen LogP contribution in [0.3, 0.4) is 0 Å². The molecular weight excluding hydrogens is 471 g/mol. The van der Waals surface area contributed by atoms with E-state index in [0.717, 1.165) is 23.9 Å². The molecule has 2 amide bonds. The van der Waals surface area contributed by atoms with Gasteiger partial charge in [-0.1, -0.05) is 17.8 Å². The van der Waals surface area contributed by atoms with Crippen molar-refractivity contribution in [3.63, 3.8) is 0 Å². The van der Waals surface area contributed by atoms with E-state index in [4.69, 9.17) is 4.74 Å². The highest BCUT2D eigenvalue weighted by molar-refractivity contribution is 7.99. The van der Waals surface area contributed by atoms with Crippen molar-refractivity contribution >= 4 is 29.3 Å². The van der Waals surface area contributed by atoms with Gasteiger partial charge in [0.15, 0.2) is 11.0 Å². The lowest BCUT2D eigenvalue weighted by Crippen LogP contribution is -2.28. The quantitative estimate of drug-likeness (QED) is 0.459. The van der Waals surface area contributed by atoms with E-state index >= 15 is 0 Å². The summed E-state index contributed by atoms with van der Waals surface area (Å²) in [6.07, 6.45) is -4.50. The van der Waals surface area contributed by atoms with Gasteiger partial charge in [0.1, 0.15) is 5.75 Å². The minimum absolute atomic E-state index is 0.0499. The molecule has 1 unspecified atom stereocenters. The molecule has 0 fully saturated rings. The molecule has 0 spiro atoms. The van der Waals surface area contributed by atoms with Crippen LogP contribution in [0.15, 0.2) is 53.7 Å². The van der Waals surface area contributed by atoms with E-state index in [2.05, 4.69) is 20.8 Å². The molecule has 3 aromatic rings. The molecule has 0 aliphatic carbocycles. The molecule has 0 radical (unpaired) electrons. The second-order valence-electron chi connectivity index (χ2n) is 7.24. The summed E-state index contributed by atoms with van der Waals surface area (Å²) in [6, 6.07) is 10.6. The molecule has 2 aromatic carbocycles. The van der Waals surface area contributed by atoms with E-state index in [9.17, 15) is 22.8 Å². The number of carbonyl (C=O) groups excluding carboxylic acids is 2. The van der Waals surface area contributed by atoms with Crippen molar-refractivity contribution in [3.05, 3.63) is 65.5 Å². The molecule has 0 aliphatic heterocycles. The Morgan fingerprint density at radius 2 is 1.85 bits per heavy atom. The summed E-state index contributed by atoms with van der Waals surface area (Å²) in [5, 5.41) is 13.8. The molecule has 0 saturated carbocycles. The summed E-state index contributed by atoms with van der Waals surface area (Å²) >= 11 is 1.07. The Bertz CT molecular complexity index is 1170. The zero-order chi connectivity index (χ0) is 24.9. The van der Waals surface area contributed by atoms with Crippen molar-refractivity contribution < 1.29 is 27.5 Å². The third-order valence-electron chi connectivity index (χ3n) is 4.76.